The van der Waals surface area contributed by atoms with E-state index >= 15 is 0 Å². The number of rotatable bonds is 7. The van der Waals surface area contributed by atoms with Crippen LogP contribution in [0.15, 0.2) is 27.9 Å². The fourth-order valence-corrected chi connectivity index (χ4v) is 2.47. The van der Waals surface area contributed by atoms with Crippen molar-refractivity contribution in [1.82, 2.24) is 19.7 Å². The van der Waals surface area contributed by atoms with E-state index in [0.29, 0.717) is 16.7 Å². The molecule has 0 spiro atoms. The van der Waals surface area contributed by atoms with E-state index in [9.17, 15) is 4.79 Å². The van der Waals surface area contributed by atoms with Crippen molar-refractivity contribution in [3.63, 3.8) is 0 Å². The predicted octanol–water partition coefficient (Wildman–Crippen LogP) is 3.09. The Kier molecular flexibility index (Phi) is 5.55. The van der Waals surface area contributed by atoms with E-state index in [1.807, 2.05) is 0 Å². The summed E-state index contributed by atoms with van der Waals surface area (Å²) in [6.07, 6.45) is 8.01. The van der Waals surface area contributed by atoms with Crippen LogP contribution in [-0.2, 0) is 6.54 Å². The highest BCUT2D eigenvalue weighted by molar-refractivity contribution is 9.10. The molecule has 0 aromatic carbocycles. The Hall–Kier alpha value is -1.63. The number of halogens is 1. The molecule has 1 unspecified atom stereocenters. The van der Waals surface area contributed by atoms with E-state index in [1.54, 1.807) is 18.6 Å². The first-order valence-electron chi connectivity index (χ1n) is 7.18. The van der Waals surface area contributed by atoms with Crippen LogP contribution in [0.3, 0.4) is 0 Å². The Morgan fingerprint density at radius 2 is 2.29 bits per heavy atom. The summed E-state index contributed by atoms with van der Waals surface area (Å²) in [6.45, 7) is 4.79. The Morgan fingerprint density at radius 1 is 1.48 bits per heavy atom. The van der Waals surface area contributed by atoms with Crippen LogP contribution in [0.2, 0.25) is 0 Å². The molecule has 0 aliphatic carbocycles. The number of unbranched alkanes of at least 4 members (excludes halogenated alkanes) is 1. The third-order valence-electron chi connectivity index (χ3n) is 3.30. The lowest BCUT2D eigenvalue weighted by Gasteiger charge is -2.17. The summed E-state index contributed by atoms with van der Waals surface area (Å²) in [4.78, 5) is 19.6. The standard InChI is InChI=1S/C14H20BrN5O/c1-3-5-8-20-14(21)12(15)11(9-18-20)19-10(4-2)13-16-6-7-17-13/h6-7,9-10,19H,3-5,8H2,1-2H3,(H,16,17). The number of anilines is 1. The molecule has 0 fully saturated rings. The van der Waals surface area contributed by atoms with E-state index in [1.165, 1.54) is 4.68 Å². The molecular weight excluding hydrogens is 334 g/mol. The lowest BCUT2D eigenvalue weighted by molar-refractivity contribution is 0.540. The van der Waals surface area contributed by atoms with Crippen molar-refractivity contribution in [2.45, 2.75) is 45.7 Å². The number of hydrogen-bond donors (Lipinski definition) is 2. The van der Waals surface area contributed by atoms with E-state index in [0.717, 1.165) is 25.1 Å². The molecule has 1 atom stereocenters. The van der Waals surface area contributed by atoms with Crippen LogP contribution in [0, 0.1) is 0 Å². The molecule has 0 saturated heterocycles. The van der Waals surface area contributed by atoms with Crippen LogP contribution in [-0.4, -0.2) is 19.7 Å². The molecule has 114 valence electrons. The van der Waals surface area contributed by atoms with Crippen LogP contribution < -0.4 is 10.9 Å². The van der Waals surface area contributed by atoms with Crippen molar-refractivity contribution in [1.29, 1.82) is 0 Å². The van der Waals surface area contributed by atoms with Gasteiger partial charge < -0.3 is 10.3 Å². The predicted molar refractivity (Wildman–Crippen MR) is 86.3 cm³/mol. The van der Waals surface area contributed by atoms with E-state index in [2.05, 4.69) is 50.2 Å². The van der Waals surface area contributed by atoms with Gasteiger partial charge in [0.15, 0.2) is 0 Å². The zero-order chi connectivity index (χ0) is 15.2. The zero-order valence-corrected chi connectivity index (χ0v) is 13.9. The highest BCUT2D eigenvalue weighted by Gasteiger charge is 2.15. The molecule has 2 N–H and O–H groups in total. The zero-order valence-electron chi connectivity index (χ0n) is 12.3. The first kappa shape index (κ1) is 15.8. The van der Waals surface area contributed by atoms with Gasteiger partial charge in [0.25, 0.3) is 5.56 Å². The summed E-state index contributed by atoms with van der Waals surface area (Å²) in [5.74, 6) is 0.847. The summed E-state index contributed by atoms with van der Waals surface area (Å²) in [5.41, 5.74) is 0.582. The summed E-state index contributed by atoms with van der Waals surface area (Å²) < 4.78 is 2.01. The van der Waals surface area contributed by atoms with E-state index in [4.69, 9.17) is 0 Å². The Labute approximate surface area is 132 Å². The summed E-state index contributed by atoms with van der Waals surface area (Å²) in [7, 11) is 0. The van der Waals surface area contributed by atoms with Crippen molar-refractivity contribution in [2.24, 2.45) is 0 Å². The normalized spacial score (nSPS) is 12.3. The Morgan fingerprint density at radius 3 is 2.90 bits per heavy atom. The second-order valence-electron chi connectivity index (χ2n) is 4.83. The van der Waals surface area contributed by atoms with Gasteiger partial charge in [-0.25, -0.2) is 9.67 Å². The maximum absolute atomic E-state index is 12.2. The molecule has 0 aliphatic heterocycles. The maximum atomic E-state index is 12.2. The van der Waals surface area contributed by atoms with Crippen molar-refractivity contribution in [3.8, 4) is 0 Å². The average Bonchev–Trinajstić information content (AvgIpc) is 3.02. The number of nitrogens with one attached hydrogen (secondary N) is 2. The molecular formula is C14H20BrN5O. The Bertz CT molecular complexity index is 623. The minimum absolute atomic E-state index is 0.0176. The van der Waals surface area contributed by atoms with Crippen molar-refractivity contribution in [2.75, 3.05) is 5.32 Å². The summed E-state index contributed by atoms with van der Waals surface area (Å²) in [5, 5.41) is 7.53. The molecule has 0 amide bonds. The number of aromatic amines is 1. The van der Waals surface area contributed by atoms with Gasteiger partial charge in [0.05, 0.1) is 17.9 Å². The molecule has 6 nitrogen and oxygen atoms in total. The molecule has 2 aromatic heterocycles. The van der Waals surface area contributed by atoms with Crippen molar-refractivity contribution < 1.29 is 0 Å². The number of imidazole rings is 1. The molecule has 2 rings (SSSR count). The minimum Gasteiger partial charge on any atom is -0.373 e. The molecule has 0 saturated carbocycles. The minimum atomic E-state index is -0.109. The van der Waals surface area contributed by atoms with Gasteiger partial charge in [0.1, 0.15) is 10.3 Å². The third-order valence-corrected chi connectivity index (χ3v) is 4.06. The third kappa shape index (κ3) is 3.72. The monoisotopic (exact) mass is 353 g/mol. The molecule has 0 aliphatic rings. The van der Waals surface area contributed by atoms with Gasteiger partial charge in [-0.3, -0.25) is 4.79 Å². The van der Waals surface area contributed by atoms with Gasteiger partial charge in [0, 0.05) is 18.9 Å². The SMILES string of the molecule is CCCCn1ncc(NC(CC)c2ncc[nH]2)c(Br)c1=O. The smallest absolute Gasteiger partial charge is 0.283 e. The number of hydrogen-bond acceptors (Lipinski definition) is 4. The van der Waals surface area contributed by atoms with Crippen LogP contribution >= 0.6 is 15.9 Å². The lowest BCUT2D eigenvalue weighted by atomic mass is 10.2. The number of aromatic nitrogens is 4. The van der Waals surface area contributed by atoms with Gasteiger partial charge in [-0.05, 0) is 28.8 Å². The number of nitrogens with zero attached hydrogens (tertiary/aromatic N) is 3. The first-order valence-corrected chi connectivity index (χ1v) is 7.98. The van der Waals surface area contributed by atoms with Crippen LogP contribution in [0.5, 0.6) is 0 Å². The average molecular weight is 354 g/mol. The van der Waals surface area contributed by atoms with Gasteiger partial charge in [-0.1, -0.05) is 20.3 Å². The molecule has 7 heteroatoms. The van der Waals surface area contributed by atoms with E-state index < -0.39 is 0 Å². The van der Waals surface area contributed by atoms with Gasteiger partial charge in [-0.2, -0.15) is 5.10 Å². The lowest BCUT2D eigenvalue weighted by Crippen LogP contribution is -2.25. The largest absolute Gasteiger partial charge is 0.373 e. The molecule has 0 bridgehead atoms. The topological polar surface area (TPSA) is 75.6 Å². The van der Waals surface area contributed by atoms with E-state index in [-0.39, 0.29) is 11.6 Å². The molecule has 2 aromatic rings. The summed E-state index contributed by atoms with van der Waals surface area (Å²) in [6, 6.07) is 0.0176. The first-order chi connectivity index (χ1) is 10.2. The number of H-pyrrole nitrogens is 1. The number of aryl methyl sites for hydroxylation is 1. The van der Waals surface area contributed by atoms with Gasteiger partial charge in [0.2, 0.25) is 0 Å². The fourth-order valence-electron chi connectivity index (χ4n) is 2.05. The van der Waals surface area contributed by atoms with Crippen molar-refractivity contribution in [3.05, 3.63) is 39.2 Å². The quantitative estimate of drug-likeness (QED) is 0.801. The van der Waals surface area contributed by atoms with Gasteiger partial charge in [-0.15, -0.1) is 0 Å². The highest BCUT2D eigenvalue weighted by Crippen LogP contribution is 2.23. The van der Waals surface area contributed by atoms with Crippen molar-refractivity contribution >= 4 is 21.6 Å². The molecule has 2 heterocycles. The van der Waals surface area contributed by atoms with Crippen LogP contribution in [0.25, 0.3) is 0 Å². The van der Waals surface area contributed by atoms with Crippen LogP contribution in [0.1, 0.15) is 45.0 Å². The second kappa shape index (κ2) is 7.40. The van der Waals surface area contributed by atoms with Crippen LogP contribution in [0.4, 0.5) is 5.69 Å². The second-order valence-corrected chi connectivity index (χ2v) is 5.63. The highest BCUT2D eigenvalue weighted by atomic mass is 79.9. The van der Waals surface area contributed by atoms with Gasteiger partial charge >= 0.3 is 0 Å². The molecule has 0 radical (unpaired) electrons. The fraction of sp³-hybridized carbons (Fsp3) is 0.500. The Balaban J connectivity index is 2.20. The maximum Gasteiger partial charge on any atom is 0.283 e. The molecule has 21 heavy (non-hydrogen) atoms. The summed E-state index contributed by atoms with van der Waals surface area (Å²) >= 11 is 3.38.